The molecule has 1 aliphatic carbocycles. The lowest BCUT2D eigenvalue weighted by Gasteiger charge is -2.51. The summed E-state index contributed by atoms with van der Waals surface area (Å²) >= 11 is 0. The molecule has 3 heteroatoms. The number of hydrogen-bond acceptors (Lipinski definition) is 3. The van der Waals surface area contributed by atoms with Gasteiger partial charge in [0.1, 0.15) is 0 Å². The molecule has 1 fully saturated rings. The van der Waals surface area contributed by atoms with Gasteiger partial charge in [-0.1, -0.05) is 0 Å². The van der Waals surface area contributed by atoms with Gasteiger partial charge in [-0.15, -0.1) is 0 Å². The Bertz CT molecular complexity index is 137. The number of aliphatic hydroxyl groups is 2. The molecule has 0 aliphatic heterocycles. The van der Waals surface area contributed by atoms with Gasteiger partial charge in [-0.3, -0.25) is 0 Å². The summed E-state index contributed by atoms with van der Waals surface area (Å²) in [6, 6.07) is 0. The predicted molar refractivity (Wildman–Crippen MR) is 41.2 cm³/mol. The van der Waals surface area contributed by atoms with Crippen LogP contribution in [0, 0.1) is 11.8 Å². The van der Waals surface area contributed by atoms with E-state index in [-0.39, 0.29) is 30.7 Å². The van der Waals surface area contributed by atoms with E-state index in [0.717, 1.165) is 6.42 Å². The van der Waals surface area contributed by atoms with E-state index in [0.29, 0.717) is 0 Å². The third-order valence-electron chi connectivity index (χ3n) is 2.92. The van der Waals surface area contributed by atoms with Crippen molar-refractivity contribution in [2.24, 2.45) is 11.8 Å². The molecule has 0 heterocycles. The maximum Gasteiger partial charge on any atom is 0.0707 e. The van der Waals surface area contributed by atoms with Crippen LogP contribution in [0.2, 0.25) is 0 Å². The second kappa shape index (κ2) is 3.09. The summed E-state index contributed by atoms with van der Waals surface area (Å²) in [6.45, 7) is 2.24. The highest BCUT2D eigenvalue weighted by atomic mass is 16.5. The molecule has 0 aromatic heterocycles. The maximum atomic E-state index is 8.96. The predicted octanol–water partition coefficient (Wildman–Crippen LogP) is 0.0122. The zero-order valence-corrected chi connectivity index (χ0v) is 7.08. The normalized spacial score (nSPS) is 43.6. The van der Waals surface area contributed by atoms with Crippen molar-refractivity contribution in [1.29, 1.82) is 0 Å². The van der Waals surface area contributed by atoms with Crippen LogP contribution < -0.4 is 0 Å². The Morgan fingerprint density at radius 3 is 2.45 bits per heavy atom. The highest BCUT2D eigenvalue weighted by Crippen LogP contribution is 2.45. The number of hydrogen-bond donors (Lipinski definition) is 2. The van der Waals surface area contributed by atoms with Crippen LogP contribution in [0.25, 0.3) is 0 Å². The quantitative estimate of drug-likeness (QED) is 0.611. The zero-order valence-electron chi connectivity index (χ0n) is 7.08. The molecule has 0 radical (unpaired) electrons. The Morgan fingerprint density at radius 1 is 1.45 bits per heavy atom. The van der Waals surface area contributed by atoms with Crippen molar-refractivity contribution in [3.8, 4) is 0 Å². The summed E-state index contributed by atoms with van der Waals surface area (Å²) < 4.78 is 5.24. The molecule has 1 unspecified atom stereocenters. The molecule has 0 bridgehead atoms. The van der Waals surface area contributed by atoms with E-state index < -0.39 is 0 Å². The lowest BCUT2D eigenvalue weighted by Crippen LogP contribution is -2.55. The van der Waals surface area contributed by atoms with E-state index >= 15 is 0 Å². The smallest absolute Gasteiger partial charge is 0.0707 e. The first-order chi connectivity index (χ1) is 5.18. The summed E-state index contributed by atoms with van der Waals surface area (Å²) in [5, 5.41) is 17.8. The molecule has 1 rings (SSSR count). The van der Waals surface area contributed by atoms with E-state index in [9.17, 15) is 0 Å². The molecular formula is C8H16O3. The first kappa shape index (κ1) is 8.97. The molecular weight excluding hydrogens is 144 g/mol. The van der Waals surface area contributed by atoms with Crippen LogP contribution in [0.3, 0.4) is 0 Å². The minimum Gasteiger partial charge on any atom is -0.396 e. The number of methoxy groups -OCH3 is 1. The number of ether oxygens (including phenoxy) is 1. The maximum absolute atomic E-state index is 8.96. The average Bonchev–Trinajstić information content (AvgIpc) is 2.00. The van der Waals surface area contributed by atoms with Gasteiger partial charge < -0.3 is 14.9 Å². The molecule has 3 atom stereocenters. The molecule has 0 spiro atoms. The zero-order chi connectivity index (χ0) is 8.48. The van der Waals surface area contributed by atoms with E-state index in [1.807, 2.05) is 6.92 Å². The SMILES string of the molecule is COC1(C)C[C@H](CO)[C@H]1CO. The first-order valence-corrected chi connectivity index (χ1v) is 3.95. The molecule has 11 heavy (non-hydrogen) atoms. The molecule has 0 aromatic rings. The van der Waals surface area contributed by atoms with Crippen LogP contribution in [0.1, 0.15) is 13.3 Å². The molecule has 66 valence electrons. The molecule has 1 saturated carbocycles. The summed E-state index contributed by atoms with van der Waals surface area (Å²) in [4.78, 5) is 0. The Morgan fingerprint density at radius 2 is 2.09 bits per heavy atom. The topological polar surface area (TPSA) is 49.7 Å². The van der Waals surface area contributed by atoms with Gasteiger partial charge in [0, 0.05) is 26.2 Å². The minimum atomic E-state index is -0.206. The fraction of sp³-hybridized carbons (Fsp3) is 1.00. The van der Waals surface area contributed by atoms with Gasteiger partial charge in [0.05, 0.1) is 5.60 Å². The molecule has 2 N–H and O–H groups in total. The van der Waals surface area contributed by atoms with Gasteiger partial charge in [-0.2, -0.15) is 0 Å². The van der Waals surface area contributed by atoms with E-state index in [1.165, 1.54) is 0 Å². The fourth-order valence-electron chi connectivity index (χ4n) is 1.92. The third kappa shape index (κ3) is 1.28. The standard InChI is InChI=1S/C8H16O3/c1-8(11-2)3-6(4-9)7(8)5-10/h6-7,9-10H,3-5H2,1-2H3/t6-,7-,8?/m1/s1. The fourth-order valence-corrected chi connectivity index (χ4v) is 1.92. The van der Waals surface area contributed by atoms with Crippen LogP contribution in [-0.2, 0) is 4.74 Å². The van der Waals surface area contributed by atoms with Gasteiger partial charge >= 0.3 is 0 Å². The van der Waals surface area contributed by atoms with Gasteiger partial charge in [0.15, 0.2) is 0 Å². The van der Waals surface area contributed by atoms with Crippen molar-refractivity contribution in [3.05, 3.63) is 0 Å². The number of rotatable bonds is 3. The average molecular weight is 160 g/mol. The van der Waals surface area contributed by atoms with Gasteiger partial charge in [-0.25, -0.2) is 0 Å². The van der Waals surface area contributed by atoms with E-state index in [2.05, 4.69) is 0 Å². The Kier molecular flexibility index (Phi) is 2.52. The van der Waals surface area contributed by atoms with Crippen LogP contribution in [-0.4, -0.2) is 36.1 Å². The van der Waals surface area contributed by atoms with Gasteiger partial charge in [-0.05, 0) is 19.3 Å². The number of aliphatic hydroxyl groups excluding tert-OH is 2. The minimum absolute atomic E-state index is 0.107. The summed E-state index contributed by atoms with van der Waals surface area (Å²) in [6.07, 6.45) is 0.852. The Hall–Kier alpha value is -0.120. The van der Waals surface area contributed by atoms with Crippen molar-refractivity contribution in [3.63, 3.8) is 0 Å². The Balaban J connectivity index is 2.51. The van der Waals surface area contributed by atoms with Crippen molar-refractivity contribution in [1.82, 2.24) is 0 Å². The molecule has 0 aromatic carbocycles. The van der Waals surface area contributed by atoms with Crippen LogP contribution >= 0.6 is 0 Å². The lowest BCUT2D eigenvalue weighted by atomic mass is 9.62. The van der Waals surface area contributed by atoms with Crippen molar-refractivity contribution < 1.29 is 14.9 Å². The van der Waals surface area contributed by atoms with Crippen LogP contribution in [0.5, 0.6) is 0 Å². The second-order valence-electron chi connectivity index (χ2n) is 3.45. The molecule has 1 aliphatic rings. The highest BCUT2D eigenvalue weighted by Gasteiger charge is 2.50. The molecule has 0 amide bonds. The lowest BCUT2D eigenvalue weighted by molar-refractivity contribution is -0.173. The largest absolute Gasteiger partial charge is 0.396 e. The molecule has 3 nitrogen and oxygen atoms in total. The second-order valence-corrected chi connectivity index (χ2v) is 3.45. The van der Waals surface area contributed by atoms with Crippen molar-refractivity contribution in [2.45, 2.75) is 18.9 Å². The van der Waals surface area contributed by atoms with E-state index in [1.54, 1.807) is 7.11 Å². The van der Waals surface area contributed by atoms with Gasteiger partial charge in [0.25, 0.3) is 0 Å². The van der Waals surface area contributed by atoms with Gasteiger partial charge in [0.2, 0.25) is 0 Å². The third-order valence-corrected chi connectivity index (χ3v) is 2.92. The monoisotopic (exact) mass is 160 g/mol. The molecule has 0 saturated heterocycles. The van der Waals surface area contributed by atoms with Crippen LogP contribution in [0.15, 0.2) is 0 Å². The Labute approximate surface area is 67.0 Å². The summed E-state index contributed by atoms with van der Waals surface area (Å²) in [5.41, 5.74) is -0.206. The van der Waals surface area contributed by atoms with Crippen molar-refractivity contribution in [2.75, 3.05) is 20.3 Å². The summed E-state index contributed by atoms with van der Waals surface area (Å²) in [7, 11) is 1.65. The van der Waals surface area contributed by atoms with E-state index in [4.69, 9.17) is 14.9 Å². The highest BCUT2D eigenvalue weighted by molar-refractivity contribution is 4.99. The first-order valence-electron chi connectivity index (χ1n) is 3.95. The summed E-state index contributed by atoms with van der Waals surface area (Å²) in [5.74, 6) is 0.336. The van der Waals surface area contributed by atoms with Crippen LogP contribution in [0.4, 0.5) is 0 Å². The van der Waals surface area contributed by atoms with Crippen molar-refractivity contribution >= 4 is 0 Å².